The second-order valence-corrected chi connectivity index (χ2v) is 3.96. The molecule has 18 heavy (non-hydrogen) atoms. The van der Waals surface area contributed by atoms with Gasteiger partial charge in [0, 0.05) is 17.3 Å². The predicted octanol–water partition coefficient (Wildman–Crippen LogP) is 2.96. The van der Waals surface area contributed by atoms with Crippen LogP contribution in [0.2, 0.25) is 0 Å². The fourth-order valence-electron chi connectivity index (χ4n) is 1.89. The number of fused-ring (bicyclic) bond motifs is 1. The van der Waals surface area contributed by atoms with Gasteiger partial charge >= 0.3 is 0 Å². The molecule has 3 N–H and O–H groups in total. The third-order valence-electron chi connectivity index (χ3n) is 2.71. The first-order chi connectivity index (χ1) is 8.83. The molecule has 0 fully saturated rings. The molecular formula is C14H12N4. The summed E-state index contributed by atoms with van der Waals surface area (Å²) < 4.78 is 0. The fourth-order valence-corrected chi connectivity index (χ4v) is 1.89. The second kappa shape index (κ2) is 4.33. The molecule has 4 heteroatoms. The van der Waals surface area contributed by atoms with Crippen LogP contribution in [0.4, 0.5) is 17.5 Å². The molecule has 0 unspecified atom stereocenters. The number of hydrogen-bond donors (Lipinski definition) is 2. The Morgan fingerprint density at radius 2 is 1.78 bits per heavy atom. The molecule has 3 aromatic rings. The van der Waals surface area contributed by atoms with E-state index >= 15 is 0 Å². The molecule has 1 heterocycles. The van der Waals surface area contributed by atoms with Gasteiger partial charge in [0.2, 0.25) is 5.95 Å². The van der Waals surface area contributed by atoms with Crippen molar-refractivity contribution in [3.63, 3.8) is 0 Å². The molecule has 2 aromatic carbocycles. The van der Waals surface area contributed by atoms with E-state index in [0.717, 1.165) is 11.1 Å². The number of nitrogens with two attached hydrogens (primary N) is 1. The number of benzene rings is 2. The fraction of sp³-hybridized carbons (Fsp3) is 0. The highest BCUT2D eigenvalue weighted by atomic mass is 15.1. The van der Waals surface area contributed by atoms with Crippen LogP contribution in [0.5, 0.6) is 0 Å². The molecule has 3 rings (SSSR count). The molecule has 0 aliphatic carbocycles. The third-order valence-corrected chi connectivity index (χ3v) is 2.71. The van der Waals surface area contributed by atoms with E-state index < -0.39 is 0 Å². The van der Waals surface area contributed by atoms with Gasteiger partial charge in [0.1, 0.15) is 5.82 Å². The van der Waals surface area contributed by atoms with E-state index in [1.807, 2.05) is 24.3 Å². The molecule has 0 aliphatic heterocycles. The van der Waals surface area contributed by atoms with Crippen molar-refractivity contribution in [2.24, 2.45) is 0 Å². The zero-order valence-electron chi connectivity index (χ0n) is 9.67. The highest BCUT2D eigenvalue weighted by Crippen LogP contribution is 2.24. The first kappa shape index (κ1) is 10.5. The lowest BCUT2D eigenvalue weighted by Crippen LogP contribution is -1.99. The molecule has 0 spiro atoms. The van der Waals surface area contributed by atoms with Gasteiger partial charge in [0.25, 0.3) is 0 Å². The predicted molar refractivity (Wildman–Crippen MR) is 73.7 cm³/mol. The van der Waals surface area contributed by atoms with E-state index in [4.69, 9.17) is 5.73 Å². The standard InChI is InChI=1S/C14H12N4/c15-13-8-9-16-14(18-13)17-12-7-3-5-10-4-1-2-6-11(10)12/h1-9H,(H3,15,16,17,18). The second-order valence-electron chi connectivity index (χ2n) is 3.96. The van der Waals surface area contributed by atoms with Gasteiger partial charge in [-0.3, -0.25) is 0 Å². The Morgan fingerprint density at radius 1 is 0.944 bits per heavy atom. The molecule has 0 atom stereocenters. The summed E-state index contributed by atoms with van der Waals surface area (Å²) in [5.74, 6) is 0.957. The van der Waals surface area contributed by atoms with E-state index in [0.29, 0.717) is 11.8 Å². The molecule has 0 aliphatic rings. The number of rotatable bonds is 2. The van der Waals surface area contributed by atoms with Crippen molar-refractivity contribution in [1.29, 1.82) is 0 Å². The summed E-state index contributed by atoms with van der Waals surface area (Å²) in [6, 6.07) is 15.9. The monoisotopic (exact) mass is 236 g/mol. The van der Waals surface area contributed by atoms with Crippen LogP contribution in [-0.2, 0) is 0 Å². The van der Waals surface area contributed by atoms with Gasteiger partial charge < -0.3 is 11.1 Å². The number of nitrogen functional groups attached to an aromatic ring is 1. The zero-order chi connectivity index (χ0) is 12.4. The van der Waals surface area contributed by atoms with Crippen LogP contribution in [0, 0.1) is 0 Å². The van der Waals surface area contributed by atoms with Crippen molar-refractivity contribution >= 4 is 28.2 Å². The Balaban J connectivity index is 2.05. The van der Waals surface area contributed by atoms with Crippen LogP contribution < -0.4 is 11.1 Å². The van der Waals surface area contributed by atoms with Crippen molar-refractivity contribution in [3.05, 3.63) is 54.7 Å². The van der Waals surface area contributed by atoms with Gasteiger partial charge in [-0.15, -0.1) is 0 Å². The number of hydrogen-bond acceptors (Lipinski definition) is 4. The quantitative estimate of drug-likeness (QED) is 0.718. The van der Waals surface area contributed by atoms with Crippen LogP contribution in [0.15, 0.2) is 54.7 Å². The number of anilines is 3. The summed E-state index contributed by atoms with van der Waals surface area (Å²) >= 11 is 0. The van der Waals surface area contributed by atoms with E-state index in [2.05, 4.69) is 33.5 Å². The van der Waals surface area contributed by atoms with E-state index in [9.17, 15) is 0 Å². The maximum absolute atomic E-state index is 5.63. The summed E-state index contributed by atoms with van der Waals surface area (Å²) in [4.78, 5) is 8.27. The van der Waals surface area contributed by atoms with Crippen LogP contribution in [-0.4, -0.2) is 9.97 Å². The Labute approximate surface area is 104 Å². The van der Waals surface area contributed by atoms with Gasteiger partial charge in [0.05, 0.1) is 0 Å². The summed E-state index contributed by atoms with van der Waals surface area (Å²) in [6.07, 6.45) is 1.63. The summed E-state index contributed by atoms with van der Waals surface area (Å²) in [6.45, 7) is 0. The van der Waals surface area contributed by atoms with Crippen molar-refractivity contribution in [3.8, 4) is 0 Å². The highest BCUT2D eigenvalue weighted by molar-refractivity contribution is 5.94. The van der Waals surface area contributed by atoms with Crippen molar-refractivity contribution in [1.82, 2.24) is 9.97 Å². The average Bonchev–Trinajstić information content (AvgIpc) is 2.39. The number of nitrogens with zero attached hydrogens (tertiary/aromatic N) is 2. The Kier molecular flexibility index (Phi) is 2.53. The molecule has 0 saturated heterocycles. The first-order valence-corrected chi connectivity index (χ1v) is 5.66. The van der Waals surface area contributed by atoms with Crippen molar-refractivity contribution in [2.45, 2.75) is 0 Å². The SMILES string of the molecule is Nc1ccnc(Nc2cccc3ccccc23)n1. The minimum Gasteiger partial charge on any atom is -0.384 e. The number of nitrogens with one attached hydrogen (secondary N) is 1. The third kappa shape index (κ3) is 1.96. The summed E-state index contributed by atoms with van der Waals surface area (Å²) in [5, 5.41) is 5.49. The van der Waals surface area contributed by atoms with Gasteiger partial charge in [-0.25, -0.2) is 4.98 Å². The molecule has 0 radical (unpaired) electrons. The molecule has 0 saturated carbocycles. The minimum atomic E-state index is 0.452. The van der Waals surface area contributed by atoms with E-state index in [1.54, 1.807) is 12.3 Å². The lowest BCUT2D eigenvalue weighted by molar-refractivity contribution is 1.18. The molecule has 88 valence electrons. The van der Waals surface area contributed by atoms with Crippen LogP contribution >= 0.6 is 0 Å². The van der Waals surface area contributed by atoms with Gasteiger partial charge in [-0.2, -0.15) is 4.98 Å². The Hall–Kier alpha value is -2.62. The molecule has 0 amide bonds. The summed E-state index contributed by atoms with van der Waals surface area (Å²) in [5.41, 5.74) is 6.60. The number of aromatic nitrogens is 2. The largest absolute Gasteiger partial charge is 0.384 e. The molecular weight excluding hydrogens is 224 g/mol. The molecule has 1 aromatic heterocycles. The van der Waals surface area contributed by atoms with E-state index in [1.165, 1.54) is 5.39 Å². The molecule has 4 nitrogen and oxygen atoms in total. The first-order valence-electron chi connectivity index (χ1n) is 5.66. The van der Waals surface area contributed by atoms with Crippen LogP contribution in [0.3, 0.4) is 0 Å². The maximum atomic E-state index is 5.63. The molecule has 0 bridgehead atoms. The maximum Gasteiger partial charge on any atom is 0.229 e. The average molecular weight is 236 g/mol. The normalized spacial score (nSPS) is 10.4. The Morgan fingerprint density at radius 3 is 2.67 bits per heavy atom. The van der Waals surface area contributed by atoms with Crippen molar-refractivity contribution in [2.75, 3.05) is 11.1 Å². The highest BCUT2D eigenvalue weighted by Gasteiger charge is 2.02. The van der Waals surface area contributed by atoms with Gasteiger partial charge in [-0.05, 0) is 17.5 Å². The van der Waals surface area contributed by atoms with Gasteiger partial charge in [-0.1, -0.05) is 36.4 Å². The topological polar surface area (TPSA) is 63.8 Å². The minimum absolute atomic E-state index is 0.452. The van der Waals surface area contributed by atoms with Crippen LogP contribution in [0.25, 0.3) is 10.8 Å². The smallest absolute Gasteiger partial charge is 0.229 e. The van der Waals surface area contributed by atoms with E-state index in [-0.39, 0.29) is 0 Å². The lowest BCUT2D eigenvalue weighted by atomic mass is 10.1. The van der Waals surface area contributed by atoms with Crippen molar-refractivity contribution < 1.29 is 0 Å². The zero-order valence-corrected chi connectivity index (χ0v) is 9.67. The van der Waals surface area contributed by atoms with Gasteiger partial charge in [0.15, 0.2) is 0 Å². The lowest BCUT2D eigenvalue weighted by Gasteiger charge is -2.08. The summed E-state index contributed by atoms with van der Waals surface area (Å²) in [7, 11) is 0. The Bertz CT molecular complexity index is 689. The van der Waals surface area contributed by atoms with Crippen LogP contribution in [0.1, 0.15) is 0 Å².